The summed E-state index contributed by atoms with van der Waals surface area (Å²) in [5.41, 5.74) is 4.56. The number of methoxy groups -OCH3 is 1. The van der Waals surface area contributed by atoms with Gasteiger partial charge >= 0.3 is 12.1 Å². The highest BCUT2D eigenvalue weighted by Crippen LogP contribution is 2.44. The Morgan fingerprint density at radius 1 is 1.03 bits per heavy atom. The Labute approximate surface area is 198 Å². The minimum Gasteiger partial charge on any atom is -0.480 e. The molecule has 2 amide bonds. The van der Waals surface area contributed by atoms with Gasteiger partial charge in [-0.2, -0.15) is 0 Å². The molecule has 0 aromatic heterocycles. The van der Waals surface area contributed by atoms with Crippen LogP contribution < -0.4 is 10.6 Å². The summed E-state index contributed by atoms with van der Waals surface area (Å²) in [6.07, 6.45) is 1.19. The van der Waals surface area contributed by atoms with Crippen LogP contribution in [0.2, 0.25) is 0 Å². The predicted octanol–water partition coefficient (Wildman–Crippen LogP) is 3.30. The number of ether oxygens (including phenoxy) is 2. The van der Waals surface area contributed by atoms with E-state index in [1.165, 1.54) is 7.11 Å². The van der Waals surface area contributed by atoms with Gasteiger partial charge in [-0.1, -0.05) is 61.4 Å². The fourth-order valence-electron chi connectivity index (χ4n) is 4.45. The summed E-state index contributed by atoms with van der Waals surface area (Å²) in [5, 5.41) is 14.5. The normalized spacial score (nSPS) is 16.1. The number of carbonyl (C=O) groups is 3. The molecule has 0 spiro atoms. The van der Waals surface area contributed by atoms with Crippen LogP contribution in [0, 0.1) is 5.92 Å². The van der Waals surface area contributed by atoms with Crippen molar-refractivity contribution in [1.29, 1.82) is 0 Å². The van der Waals surface area contributed by atoms with Crippen molar-refractivity contribution >= 4 is 18.0 Å². The number of carboxylic acids is 1. The van der Waals surface area contributed by atoms with Crippen LogP contribution in [0.15, 0.2) is 48.5 Å². The van der Waals surface area contributed by atoms with Gasteiger partial charge < -0.3 is 25.2 Å². The smallest absolute Gasteiger partial charge is 0.407 e. The van der Waals surface area contributed by atoms with Gasteiger partial charge in [0.1, 0.15) is 12.6 Å². The summed E-state index contributed by atoms with van der Waals surface area (Å²) in [6, 6.07) is 15.3. The third-order valence-electron chi connectivity index (χ3n) is 6.46. The number of hydrogen-bond donors (Lipinski definition) is 3. The van der Waals surface area contributed by atoms with Crippen LogP contribution in [0.1, 0.15) is 42.7 Å². The third kappa shape index (κ3) is 5.75. The Balaban J connectivity index is 1.25. The molecule has 2 unspecified atom stereocenters. The second kappa shape index (κ2) is 10.7. The number of alkyl carbamates (subject to hydrolysis) is 1. The van der Waals surface area contributed by atoms with E-state index in [4.69, 9.17) is 9.47 Å². The van der Waals surface area contributed by atoms with Gasteiger partial charge in [-0.05, 0) is 34.6 Å². The molecular formula is C26H30N2O6. The number of hydrogen-bond acceptors (Lipinski definition) is 5. The minimum absolute atomic E-state index is 0.0402. The van der Waals surface area contributed by atoms with E-state index in [0.29, 0.717) is 12.3 Å². The molecule has 1 saturated carbocycles. The molecule has 2 aliphatic rings. The molecule has 2 aromatic carbocycles. The Hall–Kier alpha value is -3.39. The van der Waals surface area contributed by atoms with Gasteiger partial charge in [-0.15, -0.1) is 0 Å². The van der Waals surface area contributed by atoms with Crippen LogP contribution in [0.5, 0.6) is 0 Å². The first-order chi connectivity index (χ1) is 16.5. The molecule has 8 nitrogen and oxygen atoms in total. The van der Waals surface area contributed by atoms with Crippen LogP contribution >= 0.6 is 0 Å². The molecule has 180 valence electrons. The van der Waals surface area contributed by atoms with E-state index in [1.807, 2.05) is 24.3 Å². The van der Waals surface area contributed by atoms with Gasteiger partial charge in [0.2, 0.25) is 5.91 Å². The monoisotopic (exact) mass is 466 g/mol. The number of amides is 2. The highest BCUT2D eigenvalue weighted by molar-refractivity contribution is 5.84. The maximum atomic E-state index is 12.4. The van der Waals surface area contributed by atoms with Crippen molar-refractivity contribution in [2.45, 2.75) is 43.7 Å². The summed E-state index contributed by atoms with van der Waals surface area (Å²) >= 11 is 0. The van der Waals surface area contributed by atoms with E-state index in [-0.39, 0.29) is 25.5 Å². The van der Waals surface area contributed by atoms with Crippen molar-refractivity contribution in [3.63, 3.8) is 0 Å². The molecule has 1 fully saturated rings. The number of fused-ring (bicyclic) bond motifs is 3. The van der Waals surface area contributed by atoms with Crippen molar-refractivity contribution in [2.75, 3.05) is 20.3 Å². The summed E-state index contributed by atoms with van der Waals surface area (Å²) in [5.74, 6) is -1.13. The van der Waals surface area contributed by atoms with Crippen molar-refractivity contribution in [2.24, 2.45) is 5.92 Å². The topological polar surface area (TPSA) is 114 Å². The molecule has 0 aliphatic heterocycles. The lowest BCUT2D eigenvalue weighted by molar-refractivity contribution is -0.142. The van der Waals surface area contributed by atoms with Crippen molar-refractivity contribution in [1.82, 2.24) is 10.6 Å². The van der Waals surface area contributed by atoms with E-state index in [1.54, 1.807) is 0 Å². The summed E-state index contributed by atoms with van der Waals surface area (Å²) in [7, 11) is 1.44. The maximum absolute atomic E-state index is 12.4. The fraction of sp³-hybridized carbons (Fsp3) is 0.423. The first kappa shape index (κ1) is 23.8. The molecule has 0 radical (unpaired) electrons. The largest absolute Gasteiger partial charge is 0.480 e. The maximum Gasteiger partial charge on any atom is 0.407 e. The van der Waals surface area contributed by atoms with Crippen molar-refractivity contribution < 1.29 is 29.0 Å². The molecule has 0 saturated heterocycles. The molecule has 34 heavy (non-hydrogen) atoms. The Bertz CT molecular complexity index is 1010. The lowest BCUT2D eigenvalue weighted by atomic mass is 9.98. The zero-order valence-corrected chi connectivity index (χ0v) is 19.2. The van der Waals surface area contributed by atoms with Gasteiger partial charge in [-0.3, -0.25) is 4.79 Å². The average molecular weight is 467 g/mol. The van der Waals surface area contributed by atoms with Crippen LogP contribution in [-0.2, 0) is 19.1 Å². The van der Waals surface area contributed by atoms with E-state index in [0.717, 1.165) is 35.1 Å². The van der Waals surface area contributed by atoms with Gasteiger partial charge in [0, 0.05) is 19.6 Å². The molecular weight excluding hydrogens is 436 g/mol. The number of rotatable bonds is 11. The van der Waals surface area contributed by atoms with E-state index in [9.17, 15) is 19.5 Å². The minimum atomic E-state index is -1.04. The lowest BCUT2D eigenvalue weighted by Crippen LogP contribution is -2.44. The number of nitrogens with one attached hydrogen (secondary N) is 2. The standard InChI is InChI=1S/C26H30N2O6/c1-33-17(13-24(29)28-23(25(30)31)12-16-10-11-16)14-27-26(32)34-15-22-20-8-4-2-6-18(20)19-7-3-5-9-21(19)22/h2-9,16-17,22-23H,10-15H2,1H3,(H,27,32)(H,28,29)(H,30,31). The van der Waals surface area contributed by atoms with Crippen molar-refractivity contribution in [3.8, 4) is 11.1 Å². The summed E-state index contributed by atoms with van der Waals surface area (Å²) in [6.45, 7) is 0.264. The summed E-state index contributed by atoms with van der Waals surface area (Å²) < 4.78 is 10.8. The Kier molecular flexibility index (Phi) is 7.47. The lowest BCUT2D eigenvalue weighted by Gasteiger charge is -2.19. The van der Waals surface area contributed by atoms with E-state index < -0.39 is 30.1 Å². The molecule has 8 heteroatoms. The third-order valence-corrected chi connectivity index (χ3v) is 6.46. The number of benzene rings is 2. The highest BCUT2D eigenvalue weighted by atomic mass is 16.5. The zero-order valence-electron chi connectivity index (χ0n) is 19.2. The Morgan fingerprint density at radius 3 is 2.21 bits per heavy atom. The predicted molar refractivity (Wildman–Crippen MR) is 125 cm³/mol. The van der Waals surface area contributed by atoms with Gasteiger partial charge in [-0.25, -0.2) is 9.59 Å². The van der Waals surface area contributed by atoms with Gasteiger partial charge in [0.15, 0.2) is 0 Å². The first-order valence-electron chi connectivity index (χ1n) is 11.6. The number of carbonyl (C=O) groups excluding carboxylic acids is 2. The van der Waals surface area contributed by atoms with E-state index in [2.05, 4.69) is 34.9 Å². The zero-order chi connectivity index (χ0) is 24.1. The second-order valence-corrected chi connectivity index (χ2v) is 8.91. The molecule has 0 heterocycles. The molecule has 4 rings (SSSR count). The molecule has 0 bridgehead atoms. The van der Waals surface area contributed by atoms with E-state index >= 15 is 0 Å². The van der Waals surface area contributed by atoms with Crippen LogP contribution in [0.3, 0.4) is 0 Å². The quantitative estimate of drug-likeness (QED) is 0.468. The molecule has 2 atom stereocenters. The van der Waals surface area contributed by atoms with Crippen LogP contribution in [0.25, 0.3) is 11.1 Å². The van der Waals surface area contributed by atoms with Crippen molar-refractivity contribution in [3.05, 3.63) is 59.7 Å². The average Bonchev–Trinajstić information content (AvgIpc) is 3.60. The SMILES string of the molecule is COC(CNC(=O)OCC1c2ccccc2-c2ccccc21)CC(=O)NC(CC1CC1)C(=O)O. The summed E-state index contributed by atoms with van der Waals surface area (Å²) in [4.78, 5) is 36.1. The van der Waals surface area contributed by atoms with Crippen LogP contribution in [0.4, 0.5) is 4.79 Å². The highest BCUT2D eigenvalue weighted by Gasteiger charge is 2.31. The first-order valence-corrected chi connectivity index (χ1v) is 11.6. The molecule has 2 aliphatic carbocycles. The van der Waals surface area contributed by atoms with Crippen LogP contribution in [-0.4, -0.2) is 55.5 Å². The van der Waals surface area contributed by atoms with Gasteiger partial charge in [0.05, 0.1) is 12.5 Å². The number of aliphatic carboxylic acids is 1. The number of carboxylic acid groups (broad SMARTS) is 1. The molecule has 2 aromatic rings. The molecule has 3 N–H and O–H groups in total. The fourth-order valence-corrected chi connectivity index (χ4v) is 4.45. The van der Waals surface area contributed by atoms with Gasteiger partial charge in [0.25, 0.3) is 0 Å². The Morgan fingerprint density at radius 2 is 1.65 bits per heavy atom. The second-order valence-electron chi connectivity index (χ2n) is 8.91.